The van der Waals surface area contributed by atoms with E-state index >= 15 is 0 Å². The first-order chi connectivity index (χ1) is 22.0. The topological polar surface area (TPSA) is 124 Å². The van der Waals surface area contributed by atoms with Crippen molar-refractivity contribution < 1.29 is 37.3 Å². The normalized spacial score (nSPS) is 16.3. The minimum Gasteiger partial charge on any atom is -0.489 e. The Morgan fingerprint density at radius 1 is 0.978 bits per heavy atom. The molecule has 11 heteroatoms. The van der Waals surface area contributed by atoms with Crippen LogP contribution in [0.4, 0.5) is 4.79 Å². The quantitative estimate of drug-likeness (QED) is 0.242. The smallest absolute Gasteiger partial charge is 0.407 e. The molecule has 2 aliphatic rings. The van der Waals surface area contributed by atoms with Crippen molar-refractivity contribution in [2.45, 2.75) is 82.1 Å². The molecule has 0 radical (unpaired) electrons. The number of fused-ring (bicyclic) bond motifs is 1. The highest BCUT2D eigenvalue weighted by Gasteiger charge is 2.34. The molecule has 2 atom stereocenters. The first kappa shape index (κ1) is 33.6. The van der Waals surface area contributed by atoms with Crippen LogP contribution < -0.4 is 19.5 Å². The van der Waals surface area contributed by atoms with Crippen LogP contribution in [0.25, 0.3) is 0 Å². The second-order valence-corrected chi connectivity index (χ2v) is 14.9. The van der Waals surface area contributed by atoms with Crippen molar-refractivity contribution in [3.63, 3.8) is 0 Å². The maximum absolute atomic E-state index is 14.0. The lowest BCUT2D eigenvalue weighted by Crippen LogP contribution is -2.52. The number of rotatable bonds is 13. The average molecular weight is 653 g/mol. The van der Waals surface area contributed by atoms with Gasteiger partial charge in [0.1, 0.15) is 18.0 Å². The molecule has 1 saturated carbocycles. The van der Waals surface area contributed by atoms with Crippen molar-refractivity contribution >= 4 is 16.1 Å². The van der Waals surface area contributed by atoms with Gasteiger partial charge in [-0.3, -0.25) is 0 Å². The average Bonchev–Trinajstić information content (AvgIpc) is 3.71. The summed E-state index contributed by atoms with van der Waals surface area (Å²) in [6.07, 6.45) is 2.22. The summed E-state index contributed by atoms with van der Waals surface area (Å²) < 4.78 is 51.6. The number of carbonyl (C=O) groups excluding carboxylic acids is 1. The van der Waals surface area contributed by atoms with Gasteiger partial charge >= 0.3 is 6.09 Å². The Hall–Kier alpha value is -3.80. The number of nitrogens with zero attached hydrogens (tertiary/aromatic N) is 1. The van der Waals surface area contributed by atoms with E-state index in [1.807, 2.05) is 54.6 Å². The molecule has 0 saturated heterocycles. The van der Waals surface area contributed by atoms with Gasteiger partial charge in [-0.15, -0.1) is 0 Å². The largest absolute Gasteiger partial charge is 0.489 e. The maximum Gasteiger partial charge on any atom is 0.407 e. The molecule has 1 fully saturated rings. The van der Waals surface area contributed by atoms with Gasteiger partial charge in [0.05, 0.1) is 17.0 Å². The number of hydrogen-bond acceptors (Lipinski definition) is 8. The fourth-order valence-electron chi connectivity index (χ4n) is 5.73. The summed E-state index contributed by atoms with van der Waals surface area (Å²) in [7, 11) is -4.03. The molecule has 2 N–H and O–H groups in total. The molecule has 0 aromatic heterocycles. The predicted octanol–water partition coefficient (Wildman–Crippen LogP) is 5.67. The number of aliphatic hydroxyl groups excluding tert-OH is 1. The Labute approximate surface area is 271 Å². The number of amides is 1. The number of nitrogens with one attached hydrogen (secondary N) is 1. The highest BCUT2D eigenvalue weighted by Crippen LogP contribution is 2.35. The predicted molar refractivity (Wildman–Crippen MR) is 173 cm³/mol. The van der Waals surface area contributed by atoms with Crippen molar-refractivity contribution in [3.05, 3.63) is 83.9 Å². The SMILES string of the molecule is CC(C)(C)OC(=O)N[C@@H](Cc1ccc(OCc2ccccc2)cc1)[C@H](O)CN(CC1CCCC1)S(=O)(=O)c1ccc2c(c1)OCO2. The summed E-state index contributed by atoms with van der Waals surface area (Å²) in [5, 5.41) is 14.5. The zero-order valence-electron chi connectivity index (χ0n) is 26.7. The van der Waals surface area contributed by atoms with E-state index in [-0.39, 0.29) is 37.1 Å². The first-order valence-electron chi connectivity index (χ1n) is 15.8. The van der Waals surface area contributed by atoms with E-state index in [9.17, 15) is 18.3 Å². The number of sulfonamides is 1. The summed E-state index contributed by atoms with van der Waals surface area (Å²) in [5.41, 5.74) is 1.12. The van der Waals surface area contributed by atoms with Crippen LogP contribution in [-0.2, 0) is 27.8 Å². The fourth-order valence-corrected chi connectivity index (χ4v) is 7.28. The van der Waals surface area contributed by atoms with Gasteiger partial charge in [-0.1, -0.05) is 55.3 Å². The van der Waals surface area contributed by atoms with E-state index in [2.05, 4.69) is 5.32 Å². The van der Waals surface area contributed by atoms with Gasteiger partial charge in [0, 0.05) is 19.2 Å². The van der Waals surface area contributed by atoms with Gasteiger partial charge in [0.2, 0.25) is 16.8 Å². The molecule has 1 aliphatic heterocycles. The molecular formula is C35H44N2O8S. The monoisotopic (exact) mass is 652 g/mol. The lowest BCUT2D eigenvalue weighted by Gasteiger charge is -2.31. The lowest BCUT2D eigenvalue weighted by molar-refractivity contribution is 0.0399. The number of alkyl carbamates (subject to hydrolysis) is 1. The Kier molecular flexibility index (Phi) is 10.8. The van der Waals surface area contributed by atoms with Crippen molar-refractivity contribution in [3.8, 4) is 17.2 Å². The van der Waals surface area contributed by atoms with E-state index in [0.717, 1.165) is 36.8 Å². The summed E-state index contributed by atoms with van der Waals surface area (Å²) in [4.78, 5) is 13.0. The standard InChI is InChI=1S/C35H44N2O8S/c1-35(2,3)45-34(39)36-30(19-25-13-15-28(16-14-25)42-23-27-11-5-4-6-12-27)31(38)22-37(21-26-9-7-8-10-26)46(40,41)29-17-18-32-33(20-29)44-24-43-32/h4-6,11-18,20,26,30-31,38H,7-10,19,21-24H2,1-3H3,(H,36,39)/t30-,31+/m0/s1. The summed E-state index contributed by atoms with van der Waals surface area (Å²) in [6.45, 7) is 5.78. The van der Waals surface area contributed by atoms with Gasteiger partial charge in [0.15, 0.2) is 11.5 Å². The molecule has 5 rings (SSSR count). The van der Waals surface area contributed by atoms with Gasteiger partial charge in [0.25, 0.3) is 0 Å². The third-order valence-corrected chi connectivity index (χ3v) is 9.93. The molecule has 1 amide bonds. The molecule has 248 valence electrons. The number of aliphatic hydroxyl groups is 1. The molecular weight excluding hydrogens is 608 g/mol. The molecule has 1 heterocycles. The van der Waals surface area contributed by atoms with E-state index in [1.54, 1.807) is 26.8 Å². The number of benzene rings is 3. The van der Waals surface area contributed by atoms with Crippen molar-refractivity contribution in [1.29, 1.82) is 0 Å². The third kappa shape index (κ3) is 9.14. The van der Waals surface area contributed by atoms with E-state index in [4.69, 9.17) is 18.9 Å². The fraction of sp³-hybridized carbons (Fsp3) is 0.457. The van der Waals surface area contributed by atoms with Gasteiger partial charge in [-0.25, -0.2) is 13.2 Å². The molecule has 3 aromatic carbocycles. The Morgan fingerprint density at radius 2 is 1.67 bits per heavy atom. The molecule has 0 unspecified atom stereocenters. The van der Waals surface area contributed by atoms with Gasteiger partial charge in [-0.05, 0) is 81.3 Å². The van der Waals surface area contributed by atoms with Crippen molar-refractivity contribution in [2.24, 2.45) is 5.92 Å². The summed E-state index contributed by atoms with van der Waals surface area (Å²) >= 11 is 0. The molecule has 3 aromatic rings. The highest BCUT2D eigenvalue weighted by molar-refractivity contribution is 7.89. The minimum atomic E-state index is -4.03. The van der Waals surface area contributed by atoms with E-state index in [1.165, 1.54) is 16.4 Å². The van der Waals surface area contributed by atoms with Crippen LogP contribution >= 0.6 is 0 Å². The van der Waals surface area contributed by atoms with Crippen LogP contribution in [0.2, 0.25) is 0 Å². The van der Waals surface area contributed by atoms with Crippen LogP contribution in [0.15, 0.2) is 77.7 Å². The zero-order chi connectivity index (χ0) is 32.7. The van der Waals surface area contributed by atoms with Crippen LogP contribution in [-0.4, -0.2) is 61.6 Å². The van der Waals surface area contributed by atoms with Crippen LogP contribution in [0.5, 0.6) is 17.2 Å². The minimum absolute atomic E-state index is 0.0292. The van der Waals surface area contributed by atoms with Crippen LogP contribution in [0.3, 0.4) is 0 Å². The van der Waals surface area contributed by atoms with Gasteiger partial charge < -0.3 is 29.4 Å². The molecule has 46 heavy (non-hydrogen) atoms. The molecule has 10 nitrogen and oxygen atoms in total. The van der Waals surface area contributed by atoms with E-state index < -0.39 is 33.9 Å². The Morgan fingerprint density at radius 3 is 2.37 bits per heavy atom. The Balaban J connectivity index is 1.34. The van der Waals surface area contributed by atoms with Crippen molar-refractivity contribution in [2.75, 3.05) is 19.9 Å². The summed E-state index contributed by atoms with van der Waals surface area (Å²) in [5.74, 6) is 1.71. The van der Waals surface area contributed by atoms with Crippen LogP contribution in [0.1, 0.15) is 57.6 Å². The van der Waals surface area contributed by atoms with E-state index in [0.29, 0.717) is 23.9 Å². The number of carbonyl (C=O) groups is 1. The molecule has 1 aliphatic carbocycles. The van der Waals surface area contributed by atoms with Crippen molar-refractivity contribution in [1.82, 2.24) is 9.62 Å². The third-order valence-electron chi connectivity index (χ3n) is 8.10. The molecule has 0 bridgehead atoms. The maximum atomic E-state index is 14.0. The number of hydrogen-bond donors (Lipinski definition) is 2. The number of ether oxygens (including phenoxy) is 4. The second kappa shape index (κ2) is 14.7. The highest BCUT2D eigenvalue weighted by atomic mass is 32.2. The van der Waals surface area contributed by atoms with Gasteiger partial charge in [-0.2, -0.15) is 4.31 Å². The Bertz CT molecular complexity index is 1550. The summed E-state index contributed by atoms with van der Waals surface area (Å²) in [6, 6.07) is 21.0. The molecule has 0 spiro atoms. The van der Waals surface area contributed by atoms with Crippen LogP contribution in [0, 0.1) is 5.92 Å². The zero-order valence-corrected chi connectivity index (χ0v) is 27.5. The lowest BCUT2D eigenvalue weighted by atomic mass is 10.0. The first-order valence-corrected chi connectivity index (χ1v) is 17.2. The second-order valence-electron chi connectivity index (χ2n) is 12.9.